The maximum atomic E-state index is 11.5. The number of benzene rings is 1. The number of Topliss-reactive ketones (excluding diaryl/α,β-unsaturated/α-hetero) is 1. The molecule has 0 saturated heterocycles. The second kappa shape index (κ2) is 8.80. The molecule has 0 aliphatic heterocycles. The van der Waals surface area contributed by atoms with Gasteiger partial charge in [0.15, 0.2) is 5.78 Å². The molecule has 1 rings (SSSR count). The molecule has 0 heterocycles. The van der Waals surface area contributed by atoms with E-state index in [9.17, 15) is 14.4 Å². The molecule has 0 fully saturated rings. The predicted molar refractivity (Wildman–Crippen MR) is 76.0 cm³/mol. The largest absolute Gasteiger partial charge is 0.460 e. The van der Waals surface area contributed by atoms with E-state index in [1.807, 2.05) is 37.3 Å². The van der Waals surface area contributed by atoms with Gasteiger partial charge in [0, 0.05) is 0 Å². The van der Waals surface area contributed by atoms with E-state index in [1.165, 1.54) is 6.08 Å². The Morgan fingerprint density at radius 2 is 1.85 bits per heavy atom. The smallest absolute Gasteiger partial charge is 0.375 e. The first kappa shape index (κ1) is 15.8. The summed E-state index contributed by atoms with van der Waals surface area (Å²) in [5.74, 6) is -2.14. The van der Waals surface area contributed by atoms with Crippen LogP contribution in [-0.2, 0) is 19.1 Å². The molecule has 0 amide bonds. The Hall–Kier alpha value is -2.23. The van der Waals surface area contributed by atoms with Crippen molar-refractivity contribution >= 4 is 23.6 Å². The highest BCUT2D eigenvalue weighted by atomic mass is 16.5. The highest BCUT2D eigenvalue weighted by molar-refractivity contribution is 6.37. The fraction of sp³-hybridized carbons (Fsp3) is 0.312. The van der Waals surface area contributed by atoms with Crippen molar-refractivity contribution in [1.29, 1.82) is 0 Å². The first-order chi connectivity index (χ1) is 9.63. The van der Waals surface area contributed by atoms with Gasteiger partial charge in [0.25, 0.3) is 0 Å². The predicted octanol–water partition coefficient (Wildman–Crippen LogP) is 2.57. The molecule has 0 bridgehead atoms. The second-order valence-corrected chi connectivity index (χ2v) is 4.30. The minimum absolute atomic E-state index is 0.217. The van der Waals surface area contributed by atoms with Gasteiger partial charge in [-0.05, 0) is 18.1 Å². The van der Waals surface area contributed by atoms with E-state index in [0.717, 1.165) is 12.0 Å². The first-order valence-corrected chi connectivity index (χ1v) is 6.59. The van der Waals surface area contributed by atoms with Gasteiger partial charge in [-0.25, -0.2) is 4.79 Å². The zero-order valence-electron chi connectivity index (χ0n) is 11.5. The summed E-state index contributed by atoms with van der Waals surface area (Å²) in [5, 5.41) is 0. The van der Waals surface area contributed by atoms with Crippen LogP contribution in [0.3, 0.4) is 0 Å². The minimum Gasteiger partial charge on any atom is -0.460 e. The minimum atomic E-state index is -0.931. The molecule has 0 aliphatic carbocycles. The quantitative estimate of drug-likeness (QED) is 0.240. The zero-order valence-corrected chi connectivity index (χ0v) is 11.5. The molecule has 20 heavy (non-hydrogen) atoms. The van der Waals surface area contributed by atoms with Crippen LogP contribution in [0.15, 0.2) is 36.4 Å². The highest BCUT2D eigenvalue weighted by Crippen LogP contribution is 2.02. The molecule has 0 aliphatic rings. The van der Waals surface area contributed by atoms with Crippen LogP contribution in [0.2, 0.25) is 0 Å². The lowest BCUT2D eigenvalue weighted by atomic mass is 10.1. The zero-order chi connectivity index (χ0) is 14.8. The van der Waals surface area contributed by atoms with Crippen molar-refractivity contribution in [2.75, 3.05) is 6.61 Å². The summed E-state index contributed by atoms with van der Waals surface area (Å²) in [7, 11) is 0. The Labute approximate surface area is 118 Å². The molecule has 4 nitrogen and oxygen atoms in total. The molecule has 1 aromatic carbocycles. The van der Waals surface area contributed by atoms with Gasteiger partial charge in [-0.2, -0.15) is 0 Å². The SMILES string of the molecule is CCCCOC(=O)C(=O)CC(=O)C=Cc1ccccc1. The van der Waals surface area contributed by atoms with Crippen molar-refractivity contribution < 1.29 is 19.1 Å². The molecule has 0 N–H and O–H groups in total. The maximum Gasteiger partial charge on any atom is 0.375 e. The monoisotopic (exact) mass is 274 g/mol. The topological polar surface area (TPSA) is 60.4 Å². The van der Waals surface area contributed by atoms with Gasteiger partial charge >= 0.3 is 5.97 Å². The van der Waals surface area contributed by atoms with Crippen molar-refractivity contribution in [2.45, 2.75) is 26.2 Å². The van der Waals surface area contributed by atoms with Gasteiger partial charge in [-0.1, -0.05) is 49.8 Å². The number of hydrogen-bond acceptors (Lipinski definition) is 4. The van der Waals surface area contributed by atoms with Gasteiger partial charge < -0.3 is 4.74 Å². The summed E-state index contributed by atoms with van der Waals surface area (Å²) < 4.78 is 4.74. The third-order valence-electron chi connectivity index (χ3n) is 2.55. The Morgan fingerprint density at radius 1 is 1.15 bits per heavy atom. The summed E-state index contributed by atoms with van der Waals surface area (Å²) in [6, 6.07) is 9.24. The van der Waals surface area contributed by atoms with Crippen LogP contribution in [0.5, 0.6) is 0 Å². The number of ether oxygens (including phenoxy) is 1. The molecule has 0 spiro atoms. The number of esters is 1. The third kappa shape index (κ3) is 6.09. The fourth-order valence-corrected chi connectivity index (χ4v) is 1.43. The van der Waals surface area contributed by atoms with Crippen LogP contribution in [0.1, 0.15) is 31.7 Å². The van der Waals surface area contributed by atoms with E-state index >= 15 is 0 Å². The highest BCUT2D eigenvalue weighted by Gasteiger charge is 2.17. The number of ketones is 2. The molecule has 106 valence electrons. The molecular weight excluding hydrogens is 256 g/mol. The normalized spacial score (nSPS) is 10.4. The van der Waals surface area contributed by atoms with Crippen LogP contribution in [0.25, 0.3) is 6.08 Å². The lowest BCUT2D eigenvalue weighted by Gasteiger charge is -2.01. The van der Waals surface area contributed by atoms with Crippen molar-refractivity contribution in [3.05, 3.63) is 42.0 Å². The summed E-state index contributed by atoms with van der Waals surface area (Å²) in [6.07, 6.45) is 4.04. The van der Waals surface area contributed by atoms with Gasteiger partial charge in [0.05, 0.1) is 13.0 Å². The lowest BCUT2D eigenvalue weighted by molar-refractivity contribution is -0.154. The van der Waals surface area contributed by atoms with E-state index < -0.39 is 24.0 Å². The van der Waals surface area contributed by atoms with Crippen LogP contribution < -0.4 is 0 Å². The van der Waals surface area contributed by atoms with E-state index in [2.05, 4.69) is 0 Å². The Balaban J connectivity index is 2.40. The summed E-state index contributed by atoms with van der Waals surface area (Å²) in [6.45, 7) is 2.17. The number of rotatable bonds is 8. The average Bonchev–Trinajstić information content (AvgIpc) is 2.46. The van der Waals surface area contributed by atoms with E-state index in [1.54, 1.807) is 6.08 Å². The van der Waals surface area contributed by atoms with Gasteiger partial charge in [-0.15, -0.1) is 0 Å². The van der Waals surface area contributed by atoms with Crippen molar-refractivity contribution in [3.63, 3.8) is 0 Å². The molecule has 0 aromatic heterocycles. The van der Waals surface area contributed by atoms with Crippen molar-refractivity contribution in [1.82, 2.24) is 0 Å². The number of carbonyl (C=O) groups is 3. The summed E-state index contributed by atoms with van der Waals surface area (Å²) in [4.78, 5) is 34.3. The summed E-state index contributed by atoms with van der Waals surface area (Å²) >= 11 is 0. The third-order valence-corrected chi connectivity index (χ3v) is 2.55. The van der Waals surface area contributed by atoms with E-state index in [-0.39, 0.29) is 6.61 Å². The Bertz CT molecular complexity index is 488. The maximum absolute atomic E-state index is 11.5. The number of hydrogen-bond donors (Lipinski definition) is 0. The fourth-order valence-electron chi connectivity index (χ4n) is 1.43. The van der Waals surface area contributed by atoms with Gasteiger partial charge in [0.2, 0.25) is 5.78 Å². The molecule has 0 saturated carbocycles. The Kier molecular flexibility index (Phi) is 6.96. The van der Waals surface area contributed by atoms with Crippen LogP contribution >= 0.6 is 0 Å². The second-order valence-electron chi connectivity index (χ2n) is 4.30. The average molecular weight is 274 g/mol. The van der Waals surface area contributed by atoms with Crippen LogP contribution in [0, 0.1) is 0 Å². The van der Waals surface area contributed by atoms with Gasteiger partial charge in [0.1, 0.15) is 0 Å². The number of carbonyl (C=O) groups excluding carboxylic acids is 3. The van der Waals surface area contributed by atoms with E-state index in [4.69, 9.17) is 4.74 Å². The molecule has 4 heteroatoms. The molecule has 0 radical (unpaired) electrons. The lowest BCUT2D eigenvalue weighted by Crippen LogP contribution is -2.20. The molecule has 1 aromatic rings. The Morgan fingerprint density at radius 3 is 2.50 bits per heavy atom. The standard InChI is InChI=1S/C16H18O4/c1-2-3-11-20-16(19)15(18)12-14(17)10-9-13-7-5-4-6-8-13/h4-10H,2-3,11-12H2,1H3. The molecular formula is C16H18O4. The van der Waals surface area contributed by atoms with Crippen molar-refractivity contribution in [3.8, 4) is 0 Å². The first-order valence-electron chi connectivity index (χ1n) is 6.59. The number of unbranched alkanes of at least 4 members (excludes halogenated alkanes) is 1. The summed E-state index contributed by atoms with van der Waals surface area (Å²) in [5.41, 5.74) is 0.860. The van der Waals surface area contributed by atoms with Crippen LogP contribution in [-0.4, -0.2) is 24.1 Å². The van der Waals surface area contributed by atoms with E-state index in [0.29, 0.717) is 6.42 Å². The van der Waals surface area contributed by atoms with Crippen LogP contribution in [0.4, 0.5) is 0 Å². The molecule has 0 atom stereocenters. The van der Waals surface area contributed by atoms with Gasteiger partial charge in [-0.3, -0.25) is 9.59 Å². The molecule has 0 unspecified atom stereocenters. The van der Waals surface area contributed by atoms with Crippen molar-refractivity contribution in [2.24, 2.45) is 0 Å². The number of allylic oxidation sites excluding steroid dienone is 1.